The third-order valence-electron chi connectivity index (χ3n) is 11.2. The third kappa shape index (κ3) is 4.14. The second kappa shape index (κ2) is 8.69. The lowest BCUT2D eigenvalue weighted by Gasteiger charge is -2.62. The molecule has 4 saturated carbocycles. The van der Waals surface area contributed by atoms with Crippen molar-refractivity contribution in [1.82, 2.24) is 0 Å². The normalized spacial score (nSPS) is 49.2. The van der Waals surface area contributed by atoms with Crippen LogP contribution in [-0.2, 0) is 4.74 Å². The van der Waals surface area contributed by atoms with E-state index in [0.29, 0.717) is 10.8 Å². The SMILES string of the molecule is COCCC(C)CCC[C@H]1CCC2C3CCC4C[C@@](C)(O)CCC4(C)C3CCC21C. The van der Waals surface area contributed by atoms with Gasteiger partial charge in [0.05, 0.1) is 5.60 Å². The second-order valence-electron chi connectivity index (χ2n) is 13.0. The van der Waals surface area contributed by atoms with E-state index >= 15 is 0 Å². The van der Waals surface area contributed by atoms with Crippen LogP contribution in [0.2, 0.25) is 0 Å². The minimum absolute atomic E-state index is 0.404. The Hall–Kier alpha value is -0.0800. The van der Waals surface area contributed by atoms with E-state index < -0.39 is 5.60 Å². The number of hydrogen-bond donors (Lipinski definition) is 1. The fourth-order valence-corrected chi connectivity index (χ4v) is 9.19. The molecule has 0 aliphatic heterocycles. The van der Waals surface area contributed by atoms with Gasteiger partial charge >= 0.3 is 0 Å². The van der Waals surface area contributed by atoms with Gasteiger partial charge in [-0.2, -0.15) is 0 Å². The molecule has 1 N–H and O–H groups in total. The lowest BCUT2D eigenvalue weighted by Crippen LogP contribution is -2.55. The molecule has 2 heteroatoms. The largest absolute Gasteiger partial charge is 0.390 e. The van der Waals surface area contributed by atoms with Crippen LogP contribution in [0.5, 0.6) is 0 Å². The Labute approximate surface area is 186 Å². The fourth-order valence-electron chi connectivity index (χ4n) is 9.19. The molecular formula is C28H50O2. The monoisotopic (exact) mass is 418 g/mol. The molecule has 0 amide bonds. The van der Waals surface area contributed by atoms with Gasteiger partial charge in [0.2, 0.25) is 0 Å². The molecule has 0 spiro atoms. The Morgan fingerprint density at radius 1 is 0.900 bits per heavy atom. The molecule has 0 aromatic carbocycles. The lowest BCUT2D eigenvalue weighted by molar-refractivity contribution is -0.146. The fraction of sp³-hybridized carbons (Fsp3) is 1.00. The maximum atomic E-state index is 10.7. The zero-order valence-corrected chi connectivity index (χ0v) is 20.7. The summed E-state index contributed by atoms with van der Waals surface area (Å²) in [6.07, 6.45) is 17.6. The summed E-state index contributed by atoms with van der Waals surface area (Å²) in [7, 11) is 1.83. The van der Waals surface area contributed by atoms with Gasteiger partial charge in [0.1, 0.15) is 0 Å². The Morgan fingerprint density at radius 3 is 2.43 bits per heavy atom. The van der Waals surface area contributed by atoms with Crippen molar-refractivity contribution in [1.29, 1.82) is 0 Å². The van der Waals surface area contributed by atoms with Crippen molar-refractivity contribution < 1.29 is 9.84 Å². The number of fused-ring (bicyclic) bond motifs is 5. The molecule has 7 unspecified atom stereocenters. The summed E-state index contributed by atoms with van der Waals surface area (Å²) in [5.41, 5.74) is 0.709. The highest BCUT2D eigenvalue weighted by Crippen LogP contribution is 2.68. The number of ether oxygens (including phenoxy) is 1. The summed E-state index contributed by atoms with van der Waals surface area (Å²) in [4.78, 5) is 0. The summed E-state index contributed by atoms with van der Waals surface area (Å²) in [6.45, 7) is 10.7. The quantitative estimate of drug-likeness (QED) is 0.472. The topological polar surface area (TPSA) is 29.5 Å². The van der Waals surface area contributed by atoms with Crippen molar-refractivity contribution in [3.8, 4) is 0 Å². The van der Waals surface area contributed by atoms with Gasteiger partial charge in [0, 0.05) is 13.7 Å². The number of rotatable bonds is 7. The van der Waals surface area contributed by atoms with Crippen LogP contribution in [0.4, 0.5) is 0 Å². The van der Waals surface area contributed by atoms with Crippen molar-refractivity contribution in [3.63, 3.8) is 0 Å². The molecule has 174 valence electrons. The summed E-state index contributed by atoms with van der Waals surface area (Å²) in [5.74, 6) is 5.42. The standard InChI is InChI=1S/C28H50O2/c1-20(14-18-30-5)7-6-8-21-10-12-24-23-11-9-22-19-26(2,29)16-17-28(22,4)25(23)13-15-27(21,24)3/h20-25,29H,6-19H2,1-5H3/t20?,21-,22?,23?,24?,25?,26-,27?,28?/m0/s1. The molecule has 0 aromatic rings. The van der Waals surface area contributed by atoms with Crippen LogP contribution in [0.15, 0.2) is 0 Å². The van der Waals surface area contributed by atoms with Crippen molar-refractivity contribution in [2.24, 2.45) is 46.3 Å². The summed E-state index contributed by atoms with van der Waals surface area (Å²) in [6, 6.07) is 0. The van der Waals surface area contributed by atoms with Crippen molar-refractivity contribution in [2.75, 3.05) is 13.7 Å². The van der Waals surface area contributed by atoms with Crippen LogP contribution in [0.25, 0.3) is 0 Å². The first-order valence-electron chi connectivity index (χ1n) is 13.4. The van der Waals surface area contributed by atoms with Gasteiger partial charge in [-0.3, -0.25) is 0 Å². The Balaban J connectivity index is 1.38. The highest BCUT2D eigenvalue weighted by Gasteiger charge is 2.60. The summed E-state index contributed by atoms with van der Waals surface area (Å²) >= 11 is 0. The number of hydrogen-bond acceptors (Lipinski definition) is 2. The van der Waals surface area contributed by atoms with Gasteiger partial charge in [0.15, 0.2) is 0 Å². The Bertz CT molecular complexity index is 585. The molecule has 0 bridgehead atoms. The van der Waals surface area contributed by atoms with Crippen LogP contribution < -0.4 is 0 Å². The molecule has 9 atom stereocenters. The number of methoxy groups -OCH3 is 1. The predicted octanol–water partition coefficient (Wildman–Crippen LogP) is 7.24. The molecule has 4 rings (SSSR count). The minimum atomic E-state index is -0.404. The zero-order valence-electron chi connectivity index (χ0n) is 20.7. The average Bonchev–Trinajstić information content (AvgIpc) is 3.03. The predicted molar refractivity (Wildman–Crippen MR) is 125 cm³/mol. The summed E-state index contributed by atoms with van der Waals surface area (Å²) in [5, 5.41) is 10.7. The molecule has 0 aromatic heterocycles. The van der Waals surface area contributed by atoms with Gasteiger partial charge in [-0.05, 0) is 124 Å². The molecule has 0 heterocycles. The molecule has 4 fully saturated rings. The highest BCUT2D eigenvalue weighted by molar-refractivity contribution is 5.10. The van der Waals surface area contributed by atoms with E-state index in [2.05, 4.69) is 27.7 Å². The van der Waals surface area contributed by atoms with Gasteiger partial charge in [0.25, 0.3) is 0 Å². The maximum absolute atomic E-state index is 10.7. The maximum Gasteiger partial charge on any atom is 0.0622 e. The van der Waals surface area contributed by atoms with E-state index in [1.807, 2.05) is 7.11 Å². The van der Waals surface area contributed by atoms with Crippen LogP contribution in [0.3, 0.4) is 0 Å². The van der Waals surface area contributed by atoms with Crippen LogP contribution in [-0.4, -0.2) is 24.4 Å². The lowest BCUT2D eigenvalue weighted by atomic mass is 9.44. The van der Waals surface area contributed by atoms with Crippen molar-refractivity contribution >= 4 is 0 Å². The van der Waals surface area contributed by atoms with Crippen LogP contribution in [0.1, 0.15) is 111 Å². The molecular weight excluding hydrogens is 368 g/mol. The molecule has 0 radical (unpaired) electrons. The Kier molecular flexibility index (Phi) is 6.69. The van der Waals surface area contributed by atoms with Crippen molar-refractivity contribution in [2.45, 2.75) is 117 Å². The average molecular weight is 419 g/mol. The Morgan fingerprint density at radius 2 is 1.67 bits per heavy atom. The second-order valence-corrected chi connectivity index (χ2v) is 13.0. The van der Waals surface area contributed by atoms with Crippen molar-refractivity contribution in [3.05, 3.63) is 0 Å². The first kappa shape index (κ1) is 23.1. The van der Waals surface area contributed by atoms with Gasteiger partial charge in [-0.15, -0.1) is 0 Å². The van der Waals surface area contributed by atoms with E-state index in [1.54, 1.807) is 0 Å². The first-order valence-corrected chi connectivity index (χ1v) is 13.4. The van der Waals surface area contributed by atoms with E-state index in [1.165, 1.54) is 70.6 Å². The molecule has 2 nitrogen and oxygen atoms in total. The molecule has 0 saturated heterocycles. The van der Waals surface area contributed by atoms with Crippen LogP contribution in [0, 0.1) is 46.3 Å². The highest BCUT2D eigenvalue weighted by atomic mass is 16.5. The zero-order chi connectivity index (χ0) is 21.6. The van der Waals surface area contributed by atoms with E-state index in [0.717, 1.165) is 55.0 Å². The van der Waals surface area contributed by atoms with E-state index in [9.17, 15) is 5.11 Å². The molecule has 4 aliphatic carbocycles. The van der Waals surface area contributed by atoms with Gasteiger partial charge < -0.3 is 9.84 Å². The summed E-state index contributed by atoms with van der Waals surface area (Å²) < 4.78 is 5.27. The van der Waals surface area contributed by atoms with Gasteiger partial charge in [-0.1, -0.05) is 33.6 Å². The number of aliphatic hydroxyl groups is 1. The van der Waals surface area contributed by atoms with E-state index in [-0.39, 0.29) is 0 Å². The van der Waals surface area contributed by atoms with Crippen LogP contribution >= 0.6 is 0 Å². The minimum Gasteiger partial charge on any atom is -0.390 e. The smallest absolute Gasteiger partial charge is 0.0622 e. The molecule has 4 aliphatic rings. The van der Waals surface area contributed by atoms with Gasteiger partial charge in [-0.25, -0.2) is 0 Å². The third-order valence-corrected chi connectivity index (χ3v) is 11.2. The van der Waals surface area contributed by atoms with E-state index in [4.69, 9.17) is 4.74 Å². The molecule has 30 heavy (non-hydrogen) atoms. The first-order chi connectivity index (χ1) is 14.2.